The van der Waals surface area contributed by atoms with E-state index in [1.54, 1.807) is 4.90 Å². The van der Waals surface area contributed by atoms with E-state index in [2.05, 4.69) is 19.2 Å². The Morgan fingerprint density at radius 2 is 1.75 bits per heavy atom. The van der Waals surface area contributed by atoms with Gasteiger partial charge in [0.1, 0.15) is 0 Å². The van der Waals surface area contributed by atoms with Gasteiger partial charge in [0.15, 0.2) is 0 Å². The first-order valence-corrected chi connectivity index (χ1v) is 6.49. The third kappa shape index (κ3) is 3.78. The second-order valence-electron chi connectivity index (χ2n) is 5.46. The summed E-state index contributed by atoms with van der Waals surface area (Å²) in [7, 11) is 3.67. The maximum absolute atomic E-state index is 12.0. The molecule has 1 N–H and O–H groups in total. The zero-order valence-electron chi connectivity index (χ0n) is 11.1. The molecular formula is C13H26N2O. The summed E-state index contributed by atoms with van der Waals surface area (Å²) in [6.07, 6.45) is 6.41. The lowest BCUT2D eigenvalue weighted by Crippen LogP contribution is -2.51. The van der Waals surface area contributed by atoms with Gasteiger partial charge in [-0.25, -0.2) is 0 Å². The van der Waals surface area contributed by atoms with E-state index in [4.69, 9.17) is 0 Å². The van der Waals surface area contributed by atoms with Gasteiger partial charge in [-0.15, -0.1) is 0 Å². The molecule has 0 spiro atoms. The van der Waals surface area contributed by atoms with Crippen molar-refractivity contribution in [3.05, 3.63) is 0 Å². The van der Waals surface area contributed by atoms with Gasteiger partial charge >= 0.3 is 0 Å². The van der Waals surface area contributed by atoms with Crippen LogP contribution in [-0.4, -0.2) is 37.0 Å². The van der Waals surface area contributed by atoms with Crippen LogP contribution in [-0.2, 0) is 4.79 Å². The average Bonchev–Trinajstić information content (AvgIpc) is 2.26. The molecule has 1 atom stereocenters. The van der Waals surface area contributed by atoms with E-state index >= 15 is 0 Å². The van der Waals surface area contributed by atoms with Gasteiger partial charge in [0.25, 0.3) is 0 Å². The van der Waals surface area contributed by atoms with Crippen LogP contribution in [0.2, 0.25) is 0 Å². The van der Waals surface area contributed by atoms with Crippen LogP contribution in [0.4, 0.5) is 0 Å². The van der Waals surface area contributed by atoms with Crippen LogP contribution < -0.4 is 5.32 Å². The van der Waals surface area contributed by atoms with Crippen LogP contribution in [0.25, 0.3) is 0 Å². The van der Waals surface area contributed by atoms with Gasteiger partial charge in [0, 0.05) is 20.1 Å². The number of nitrogens with one attached hydrogen (secondary N) is 1. The molecule has 0 aromatic carbocycles. The third-order valence-corrected chi connectivity index (χ3v) is 3.39. The number of hydrogen-bond acceptors (Lipinski definition) is 2. The highest BCUT2D eigenvalue weighted by atomic mass is 16.2. The van der Waals surface area contributed by atoms with E-state index in [9.17, 15) is 4.79 Å². The lowest BCUT2D eigenvalue weighted by molar-refractivity contribution is -0.132. The van der Waals surface area contributed by atoms with Gasteiger partial charge in [-0.2, -0.15) is 0 Å². The molecule has 16 heavy (non-hydrogen) atoms. The summed E-state index contributed by atoms with van der Waals surface area (Å²) in [6, 6.07) is 0.531. The molecule has 1 fully saturated rings. The minimum atomic E-state index is -0.0156. The van der Waals surface area contributed by atoms with Crippen molar-refractivity contribution in [2.75, 3.05) is 14.1 Å². The first-order valence-electron chi connectivity index (χ1n) is 6.49. The number of hydrogen-bond donors (Lipinski definition) is 1. The minimum Gasteiger partial charge on any atom is -0.347 e. The molecule has 0 saturated heterocycles. The van der Waals surface area contributed by atoms with E-state index in [1.807, 2.05) is 14.1 Å². The zero-order valence-corrected chi connectivity index (χ0v) is 11.1. The standard InChI is InChI=1S/C13H26N2O/c1-10(2)12(13(16)15(3)4)14-11-8-6-5-7-9-11/h10-12,14H,5-9H2,1-4H3. The smallest absolute Gasteiger partial charge is 0.239 e. The number of carbonyl (C=O) groups is 1. The predicted molar refractivity (Wildman–Crippen MR) is 67.3 cm³/mol. The largest absolute Gasteiger partial charge is 0.347 e. The Balaban J connectivity index is 2.53. The van der Waals surface area contributed by atoms with Gasteiger partial charge in [-0.3, -0.25) is 4.79 Å². The summed E-state index contributed by atoms with van der Waals surface area (Å²) < 4.78 is 0. The van der Waals surface area contributed by atoms with Gasteiger partial charge in [-0.05, 0) is 18.8 Å². The molecule has 1 aliphatic carbocycles. The molecule has 1 aliphatic rings. The SMILES string of the molecule is CC(C)C(NC1CCCCC1)C(=O)N(C)C. The average molecular weight is 226 g/mol. The molecule has 3 nitrogen and oxygen atoms in total. The molecule has 0 heterocycles. The van der Waals surface area contributed by atoms with Crippen LogP contribution in [0.5, 0.6) is 0 Å². The van der Waals surface area contributed by atoms with E-state index in [0.717, 1.165) is 0 Å². The molecule has 0 aliphatic heterocycles. The van der Waals surface area contributed by atoms with Crippen LogP contribution in [0.15, 0.2) is 0 Å². The normalized spacial score (nSPS) is 19.8. The fourth-order valence-corrected chi connectivity index (χ4v) is 2.35. The first kappa shape index (κ1) is 13.5. The van der Waals surface area contributed by atoms with Crippen molar-refractivity contribution in [1.82, 2.24) is 10.2 Å². The summed E-state index contributed by atoms with van der Waals surface area (Å²) in [5.74, 6) is 0.567. The van der Waals surface area contributed by atoms with Crippen molar-refractivity contribution in [3.8, 4) is 0 Å². The lowest BCUT2D eigenvalue weighted by atomic mass is 9.93. The van der Waals surface area contributed by atoms with Gasteiger partial charge in [-0.1, -0.05) is 33.1 Å². The molecule has 94 valence electrons. The molecule has 0 bridgehead atoms. The van der Waals surface area contributed by atoms with E-state index in [1.165, 1.54) is 32.1 Å². The summed E-state index contributed by atoms with van der Waals surface area (Å²) >= 11 is 0. The van der Waals surface area contributed by atoms with Crippen molar-refractivity contribution in [1.29, 1.82) is 0 Å². The molecule has 1 amide bonds. The molecule has 0 radical (unpaired) electrons. The Hall–Kier alpha value is -0.570. The minimum absolute atomic E-state index is 0.0156. The maximum atomic E-state index is 12.0. The molecular weight excluding hydrogens is 200 g/mol. The number of likely N-dealkylation sites (N-methyl/N-ethyl adjacent to an activating group) is 1. The third-order valence-electron chi connectivity index (χ3n) is 3.39. The van der Waals surface area contributed by atoms with Crippen LogP contribution in [0, 0.1) is 5.92 Å². The number of carbonyl (C=O) groups excluding carboxylic acids is 1. The van der Waals surface area contributed by atoms with Crippen molar-refractivity contribution < 1.29 is 4.79 Å². The highest BCUT2D eigenvalue weighted by molar-refractivity contribution is 5.81. The Morgan fingerprint density at radius 3 is 2.19 bits per heavy atom. The Morgan fingerprint density at radius 1 is 1.19 bits per heavy atom. The van der Waals surface area contributed by atoms with Crippen molar-refractivity contribution in [2.24, 2.45) is 5.92 Å². The highest BCUT2D eigenvalue weighted by Gasteiger charge is 2.26. The Kier molecular flexibility index (Phi) is 5.26. The maximum Gasteiger partial charge on any atom is 0.239 e. The molecule has 0 aromatic rings. The summed E-state index contributed by atoms with van der Waals surface area (Å²) in [5.41, 5.74) is 0. The van der Waals surface area contributed by atoms with Crippen molar-refractivity contribution in [2.45, 2.75) is 58.0 Å². The monoisotopic (exact) mass is 226 g/mol. The Bertz CT molecular complexity index is 220. The van der Waals surface area contributed by atoms with Gasteiger partial charge < -0.3 is 10.2 Å². The van der Waals surface area contributed by atoms with Crippen molar-refractivity contribution in [3.63, 3.8) is 0 Å². The molecule has 1 unspecified atom stereocenters. The Labute approximate surface area is 99.6 Å². The van der Waals surface area contributed by atoms with Crippen molar-refractivity contribution >= 4 is 5.91 Å². The van der Waals surface area contributed by atoms with E-state index in [-0.39, 0.29) is 11.9 Å². The second kappa shape index (κ2) is 6.24. The first-order chi connectivity index (χ1) is 7.52. The van der Waals surface area contributed by atoms with Gasteiger partial charge in [0.05, 0.1) is 6.04 Å². The van der Waals surface area contributed by atoms with E-state index < -0.39 is 0 Å². The molecule has 3 heteroatoms. The van der Waals surface area contributed by atoms with E-state index in [0.29, 0.717) is 12.0 Å². The summed E-state index contributed by atoms with van der Waals surface area (Å²) in [5, 5.41) is 3.55. The quantitative estimate of drug-likeness (QED) is 0.795. The molecule has 1 saturated carbocycles. The lowest BCUT2D eigenvalue weighted by Gasteiger charge is -2.31. The number of nitrogens with zero attached hydrogens (tertiary/aromatic N) is 1. The molecule has 0 aromatic heterocycles. The number of amides is 1. The summed E-state index contributed by atoms with van der Waals surface area (Å²) in [6.45, 7) is 4.23. The van der Waals surface area contributed by atoms with Crippen LogP contribution in [0.3, 0.4) is 0 Å². The fraction of sp³-hybridized carbons (Fsp3) is 0.923. The number of rotatable bonds is 4. The molecule has 1 rings (SSSR count). The van der Waals surface area contributed by atoms with Gasteiger partial charge in [0.2, 0.25) is 5.91 Å². The predicted octanol–water partition coefficient (Wildman–Crippen LogP) is 2.02. The zero-order chi connectivity index (χ0) is 12.1. The van der Waals surface area contributed by atoms with Crippen LogP contribution >= 0.6 is 0 Å². The topological polar surface area (TPSA) is 32.3 Å². The van der Waals surface area contributed by atoms with Crippen LogP contribution in [0.1, 0.15) is 46.0 Å². The fourth-order valence-electron chi connectivity index (χ4n) is 2.35. The highest BCUT2D eigenvalue weighted by Crippen LogP contribution is 2.19. The second-order valence-corrected chi connectivity index (χ2v) is 5.46. The summed E-state index contributed by atoms with van der Waals surface area (Å²) in [4.78, 5) is 13.7.